The summed E-state index contributed by atoms with van der Waals surface area (Å²) in [5.41, 5.74) is 0.975. The summed E-state index contributed by atoms with van der Waals surface area (Å²) in [6, 6.07) is 9.58. The van der Waals surface area contributed by atoms with Crippen molar-refractivity contribution in [3.8, 4) is 11.5 Å². The van der Waals surface area contributed by atoms with E-state index in [2.05, 4.69) is 0 Å². The van der Waals surface area contributed by atoms with E-state index in [4.69, 9.17) is 9.47 Å². The molecule has 0 N–H and O–H groups in total. The lowest BCUT2D eigenvalue weighted by Gasteiger charge is -2.34. The van der Waals surface area contributed by atoms with Crippen molar-refractivity contribution in [1.29, 1.82) is 0 Å². The number of hydrogen-bond acceptors (Lipinski definition) is 5. The van der Waals surface area contributed by atoms with Crippen LogP contribution in [0.4, 0.5) is 0 Å². The van der Waals surface area contributed by atoms with Gasteiger partial charge in [0.05, 0.1) is 4.88 Å². The average Bonchev–Trinajstić information content (AvgIpc) is 3.31. The molecule has 2 amide bonds. The van der Waals surface area contributed by atoms with Crippen molar-refractivity contribution >= 4 is 23.2 Å². The topological polar surface area (TPSA) is 59.1 Å². The molecule has 154 valence electrons. The summed E-state index contributed by atoms with van der Waals surface area (Å²) >= 11 is 1.46. The lowest BCUT2D eigenvalue weighted by atomic mass is 9.94. The number of fused-ring (bicyclic) bond motifs is 1. The van der Waals surface area contributed by atoms with Gasteiger partial charge in [-0.15, -0.1) is 11.3 Å². The molecule has 4 rings (SSSR count). The normalized spacial score (nSPS) is 16.5. The first-order valence-corrected chi connectivity index (χ1v) is 11.0. The first kappa shape index (κ1) is 19.8. The number of thiophene rings is 1. The lowest BCUT2D eigenvalue weighted by molar-refractivity contribution is -0.137. The SMILES string of the molecule is CCN(Cc1cccc2c1OCCO2)C(=O)C1CCN(C(=O)c2cccs2)CC1. The fourth-order valence-electron chi connectivity index (χ4n) is 3.95. The number of nitrogens with zero attached hydrogens (tertiary/aromatic N) is 2. The smallest absolute Gasteiger partial charge is 0.263 e. The van der Waals surface area contributed by atoms with Gasteiger partial charge in [-0.2, -0.15) is 0 Å². The van der Waals surface area contributed by atoms with Gasteiger partial charge in [-0.25, -0.2) is 0 Å². The van der Waals surface area contributed by atoms with Gasteiger partial charge in [-0.1, -0.05) is 18.2 Å². The van der Waals surface area contributed by atoms with E-state index >= 15 is 0 Å². The van der Waals surface area contributed by atoms with E-state index in [1.165, 1.54) is 11.3 Å². The van der Waals surface area contributed by atoms with Crippen LogP contribution in [0.15, 0.2) is 35.7 Å². The number of rotatable bonds is 5. The molecule has 1 saturated heterocycles. The van der Waals surface area contributed by atoms with E-state index in [1.54, 1.807) is 0 Å². The number of piperidine rings is 1. The summed E-state index contributed by atoms with van der Waals surface area (Å²) in [5.74, 6) is 1.69. The minimum atomic E-state index is -0.0426. The predicted octanol–water partition coefficient (Wildman–Crippen LogP) is 3.42. The van der Waals surface area contributed by atoms with Crippen LogP contribution in [0.2, 0.25) is 0 Å². The van der Waals surface area contributed by atoms with Crippen LogP contribution in [-0.4, -0.2) is 54.5 Å². The summed E-state index contributed by atoms with van der Waals surface area (Å²) in [6.45, 7) is 5.48. The molecule has 0 bridgehead atoms. The minimum absolute atomic E-state index is 0.0426. The molecule has 2 aromatic rings. The number of para-hydroxylation sites is 1. The zero-order valence-electron chi connectivity index (χ0n) is 16.6. The molecular weight excluding hydrogens is 388 g/mol. The van der Waals surface area contributed by atoms with Gasteiger partial charge in [0.15, 0.2) is 11.5 Å². The van der Waals surface area contributed by atoms with Gasteiger partial charge in [0.25, 0.3) is 5.91 Å². The monoisotopic (exact) mass is 414 g/mol. The molecule has 29 heavy (non-hydrogen) atoms. The predicted molar refractivity (Wildman–Crippen MR) is 111 cm³/mol. The lowest BCUT2D eigenvalue weighted by Crippen LogP contribution is -2.44. The molecule has 2 aliphatic rings. The average molecular weight is 415 g/mol. The van der Waals surface area contributed by atoms with Gasteiger partial charge in [-0.3, -0.25) is 9.59 Å². The Kier molecular flexibility index (Phi) is 6.04. The first-order valence-electron chi connectivity index (χ1n) is 10.2. The summed E-state index contributed by atoms with van der Waals surface area (Å²) in [4.78, 5) is 30.2. The van der Waals surface area contributed by atoms with Crippen LogP contribution in [0.3, 0.4) is 0 Å². The highest BCUT2D eigenvalue weighted by Gasteiger charge is 2.31. The van der Waals surface area contributed by atoms with Gasteiger partial charge in [-0.05, 0) is 37.3 Å². The standard InChI is InChI=1S/C22H26N2O4S/c1-2-23(15-17-5-3-6-18-20(17)28-13-12-27-18)21(25)16-8-10-24(11-9-16)22(26)19-7-4-14-29-19/h3-7,14,16H,2,8-13,15H2,1H3. The fraction of sp³-hybridized carbons (Fsp3) is 0.455. The van der Waals surface area contributed by atoms with Gasteiger partial charge in [0.1, 0.15) is 13.2 Å². The molecular formula is C22H26N2O4S. The maximum atomic E-state index is 13.2. The van der Waals surface area contributed by atoms with Crippen LogP contribution >= 0.6 is 11.3 Å². The van der Waals surface area contributed by atoms with Gasteiger partial charge in [0.2, 0.25) is 5.91 Å². The molecule has 0 aliphatic carbocycles. The van der Waals surface area contributed by atoms with Crippen molar-refractivity contribution in [3.63, 3.8) is 0 Å². The second-order valence-corrected chi connectivity index (χ2v) is 8.29. The van der Waals surface area contributed by atoms with Crippen LogP contribution < -0.4 is 9.47 Å². The Hall–Kier alpha value is -2.54. The molecule has 7 heteroatoms. The third-order valence-electron chi connectivity index (χ3n) is 5.57. The van der Waals surface area contributed by atoms with Crippen LogP contribution in [-0.2, 0) is 11.3 Å². The summed E-state index contributed by atoms with van der Waals surface area (Å²) in [6.07, 6.45) is 1.41. The maximum absolute atomic E-state index is 13.2. The fourth-order valence-corrected chi connectivity index (χ4v) is 4.64. The Morgan fingerprint density at radius 2 is 1.93 bits per heavy atom. The zero-order valence-corrected chi connectivity index (χ0v) is 17.5. The van der Waals surface area contributed by atoms with E-state index < -0.39 is 0 Å². The van der Waals surface area contributed by atoms with E-state index in [-0.39, 0.29) is 17.7 Å². The molecule has 0 saturated carbocycles. The van der Waals surface area contributed by atoms with Crippen molar-refractivity contribution < 1.29 is 19.1 Å². The molecule has 3 heterocycles. The number of amides is 2. The van der Waals surface area contributed by atoms with Gasteiger partial charge >= 0.3 is 0 Å². The summed E-state index contributed by atoms with van der Waals surface area (Å²) < 4.78 is 11.5. The molecule has 2 aliphatic heterocycles. The van der Waals surface area contributed by atoms with Crippen LogP contribution in [0, 0.1) is 5.92 Å². The molecule has 0 atom stereocenters. The Morgan fingerprint density at radius 1 is 1.14 bits per heavy atom. The van der Waals surface area contributed by atoms with Crippen LogP contribution in [0.25, 0.3) is 0 Å². The maximum Gasteiger partial charge on any atom is 0.263 e. The quantitative estimate of drug-likeness (QED) is 0.752. The number of carbonyl (C=O) groups excluding carboxylic acids is 2. The first-order chi connectivity index (χ1) is 14.2. The Morgan fingerprint density at radius 3 is 2.66 bits per heavy atom. The summed E-state index contributed by atoms with van der Waals surface area (Å²) in [7, 11) is 0. The van der Waals surface area contributed by atoms with Crippen molar-refractivity contribution in [1.82, 2.24) is 9.80 Å². The Bertz CT molecular complexity index is 860. The highest BCUT2D eigenvalue weighted by Crippen LogP contribution is 2.34. The molecule has 0 radical (unpaired) electrons. The van der Waals surface area contributed by atoms with Gasteiger partial charge in [0, 0.05) is 37.7 Å². The van der Waals surface area contributed by atoms with Crippen molar-refractivity contribution in [3.05, 3.63) is 46.2 Å². The van der Waals surface area contributed by atoms with E-state index in [9.17, 15) is 9.59 Å². The third-order valence-corrected chi connectivity index (χ3v) is 6.42. The number of carbonyl (C=O) groups is 2. The number of ether oxygens (including phenoxy) is 2. The van der Waals surface area contributed by atoms with Crippen molar-refractivity contribution in [2.24, 2.45) is 5.92 Å². The molecule has 1 fully saturated rings. The molecule has 1 aromatic heterocycles. The molecule has 0 spiro atoms. The highest BCUT2D eigenvalue weighted by atomic mass is 32.1. The Balaban J connectivity index is 1.38. The largest absolute Gasteiger partial charge is 0.486 e. The third kappa shape index (κ3) is 4.24. The van der Waals surface area contributed by atoms with Crippen molar-refractivity contribution in [2.45, 2.75) is 26.3 Å². The van der Waals surface area contributed by atoms with Crippen LogP contribution in [0.5, 0.6) is 11.5 Å². The second-order valence-electron chi connectivity index (χ2n) is 7.34. The number of benzene rings is 1. The van der Waals surface area contributed by atoms with E-state index in [0.29, 0.717) is 52.2 Å². The van der Waals surface area contributed by atoms with Gasteiger partial charge < -0.3 is 19.3 Å². The zero-order chi connectivity index (χ0) is 20.2. The molecule has 6 nitrogen and oxygen atoms in total. The van der Waals surface area contributed by atoms with E-state index in [0.717, 1.165) is 21.9 Å². The van der Waals surface area contributed by atoms with E-state index in [1.807, 2.05) is 52.4 Å². The van der Waals surface area contributed by atoms with Crippen LogP contribution in [0.1, 0.15) is 35.0 Å². The number of likely N-dealkylation sites (tertiary alicyclic amines) is 1. The highest BCUT2D eigenvalue weighted by molar-refractivity contribution is 7.12. The molecule has 1 aromatic carbocycles. The molecule has 0 unspecified atom stereocenters. The second kappa shape index (κ2) is 8.86. The van der Waals surface area contributed by atoms with Crippen molar-refractivity contribution in [2.75, 3.05) is 32.8 Å². The Labute approximate surface area is 175 Å². The summed E-state index contributed by atoms with van der Waals surface area (Å²) in [5, 5.41) is 1.92. The minimum Gasteiger partial charge on any atom is -0.486 e. The number of hydrogen-bond donors (Lipinski definition) is 0.